The number of amides is 1. The summed E-state index contributed by atoms with van der Waals surface area (Å²) in [4.78, 5) is 32.9. The molecule has 3 aromatic rings. The molecule has 126 valence electrons. The number of anilines is 1. The SMILES string of the molecule is O=C(COc1ccc2nc3n(c(=O)c2c1)CCC3)Nc1cccnc1. The average Bonchev–Trinajstić information content (AvgIpc) is 3.10. The highest BCUT2D eigenvalue weighted by Gasteiger charge is 2.16. The molecule has 7 heteroatoms. The molecule has 2 aromatic heterocycles. The van der Waals surface area contributed by atoms with Crippen LogP contribution in [0.25, 0.3) is 10.9 Å². The number of fused-ring (bicyclic) bond motifs is 2. The summed E-state index contributed by atoms with van der Waals surface area (Å²) in [7, 11) is 0. The van der Waals surface area contributed by atoms with Crippen molar-refractivity contribution < 1.29 is 9.53 Å². The van der Waals surface area contributed by atoms with Crippen LogP contribution < -0.4 is 15.6 Å². The van der Waals surface area contributed by atoms with E-state index in [4.69, 9.17) is 4.74 Å². The standard InChI is InChI=1S/C18H16N4O3/c23-17(20-12-3-1-7-19-10-12)11-25-13-5-6-15-14(9-13)18(24)22-8-2-4-16(22)21-15/h1,3,5-7,9-10H,2,4,8,11H2,(H,20,23). The molecule has 3 heterocycles. The first-order valence-electron chi connectivity index (χ1n) is 8.07. The van der Waals surface area contributed by atoms with Crippen molar-refractivity contribution in [1.82, 2.24) is 14.5 Å². The van der Waals surface area contributed by atoms with Gasteiger partial charge >= 0.3 is 0 Å². The van der Waals surface area contributed by atoms with E-state index in [2.05, 4.69) is 15.3 Å². The molecule has 4 rings (SSSR count). The monoisotopic (exact) mass is 336 g/mol. The van der Waals surface area contributed by atoms with Gasteiger partial charge in [-0.15, -0.1) is 0 Å². The third-order valence-corrected chi connectivity index (χ3v) is 4.10. The maximum Gasteiger partial charge on any atom is 0.262 e. The Balaban J connectivity index is 1.50. The fraction of sp³-hybridized carbons (Fsp3) is 0.222. The third-order valence-electron chi connectivity index (χ3n) is 4.10. The molecule has 1 aliphatic rings. The summed E-state index contributed by atoms with van der Waals surface area (Å²) in [5.74, 6) is 1.00. The highest BCUT2D eigenvalue weighted by molar-refractivity contribution is 5.91. The molecule has 0 atom stereocenters. The molecule has 0 bridgehead atoms. The highest BCUT2D eigenvalue weighted by Crippen LogP contribution is 2.19. The van der Waals surface area contributed by atoms with E-state index in [1.807, 2.05) is 0 Å². The van der Waals surface area contributed by atoms with Crippen LogP contribution in [0.5, 0.6) is 5.75 Å². The van der Waals surface area contributed by atoms with Gasteiger partial charge in [0.2, 0.25) is 0 Å². The van der Waals surface area contributed by atoms with Crippen LogP contribution in [0.3, 0.4) is 0 Å². The Morgan fingerprint density at radius 3 is 3.08 bits per heavy atom. The number of ether oxygens (including phenoxy) is 1. The van der Waals surface area contributed by atoms with Crippen molar-refractivity contribution in [3.63, 3.8) is 0 Å². The van der Waals surface area contributed by atoms with E-state index >= 15 is 0 Å². The number of aryl methyl sites for hydroxylation is 1. The van der Waals surface area contributed by atoms with E-state index in [1.54, 1.807) is 47.3 Å². The van der Waals surface area contributed by atoms with Gasteiger partial charge in [0, 0.05) is 19.2 Å². The second kappa shape index (κ2) is 6.35. The molecule has 0 fully saturated rings. The predicted molar refractivity (Wildman–Crippen MR) is 92.7 cm³/mol. The first kappa shape index (κ1) is 15.3. The van der Waals surface area contributed by atoms with Gasteiger partial charge in [0.1, 0.15) is 11.6 Å². The molecule has 0 saturated heterocycles. The minimum absolute atomic E-state index is 0.0530. The molecule has 1 amide bonds. The van der Waals surface area contributed by atoms with Crippen molar-refractivity contribution in [2.24, 2.45) is 0 Å². The van der Waals surface area contributed by atoms with E-state index in [9.17, 15) is 9.59 Å². The van der Waals surface area contributed by atoms with E-state index < -0.39 is 0 Å². The summed E-state index contributed by atoms with van der Waals surface area (Å²) in [6, 6.07) is 8.60. The number of rotatable bonds is 4. The minimum Gasteiger partial charge on any atom is -0.484 e. The lowest BCUT2D eigenvalue weighted by Gasteiger charge is -2.09. The Bertz CT molecular complexity index is 998. The fourth-order valence-corrected chi connectivity index (χ4v) is 2.94. The van der Waals surface area contributed by atoms with Gasteiger partial charge in [0.15, 0.2) is 6.61 Å². The summed E-state index contributed by atoms with van der Waals surface area (Å²) in [5, 5.41) is 3.20. The lowest BCUT2D eigenvalue weighted by molar-refractivity contribution is -0.118. The fourth-order valence-electron chi connectivity index (χ4n) is 2.94. The number of nitrogens with zero attached hydrogens (tertiary/aromatic N) is 3. The second-order valence-corrected chi connectivity index (χ2v) is 5.85. The van der Waals surface area contributed by atoms with Crippen LogP contribution in [0, 0.1) is 0 Å². The van der Waals surface area contributed by atoms with Crippen LogP contribution in [-0.4, -0.2) is 27.0 Å². The summed E-state index contributed by atoms with van der Waals surface area (Å²) >= 11 is 0. The lowest BCUT2D eigenvalue weighted by atomic mass is 10.2. The predicted octanol–water partition coefficient (Wildman–Crippen LogP) is 1.76. The molecular formula is C18H16N4O3. The molecular weight excluding hydrogens is 320 g/mol. The first-order chi connectivity index (χ1) is 12.2. The van der Waals surface area contributed by atoms with Crippen LogP contribution in [0.4, 0.5) is 5.69 Å². The van der Waals surface area contributed by atoms with E-state index in [1.165, 1.54) is 0 Å². The number of hydrogen-bond donors (Lipinski definition) is 1. The number of pyridine rings is 1. The first-order valence-corrected chi connectivity index (χ1v) is 8.07. The number of carbonyl (C=O) groups is 1. The molecule has 7 nitrogen and oxygen atoms in total. The number of benzene rings is 1. The second-order valence-electron chi connectivity index (χ2n) is 5.85. The summed E-state index contributed by atoms with van der Waals surface area (Å²) < 4.78 is 7.22. The lowest BCUT2D eigenvalue weighted by Crippen LogP contribution is -2.22. The minimum atomic E-state index is -0.295. The molecule has 1 aliphatic heterocycles. The largest absolute Gasteiger partial charge is 0.484 e. The maximum atomic E-state index is 12.5. The smallest absolute Gasteiger partial charge is 0.262 e. The van der Waals surface area contributed by atoms with Crippen molar-refractivity contribution in [1.29, 1.82) is 0 Å². The Hall–Kier alpha value is -3.22. The Morgan fingerprint density at radius 2 is 2.24 bits per heavy atom. The zero-order chi connectivity index (χ0) is 17.2. The number of aromatic nitrogens is 3. The third kappa shape index (κ3) is 3.08. The van der Waals surface area contributed by atoms with E-state index in [0.29, 0.717) is 28.9 Å². The van der Waals surface area contributed by atoms with Crippen molar-refractivity contribution in [3.8, 4) is 5.75 Å². The van der Waals surface area contributed by atoms with Crippen molar-refractivity contribution in [2.75, 3.05) is 11.9 Å². The molecule has 1 aromatic carbocycles. The number of hydrogen-bond acceptors (Lipinski definition) is 5. The zero-order valence-corrected chi connectivity index (χ0v) is 13.4. The Kier molecular flexibility index (Phi) is 3.89. The summed E-state index contributed by atoms with van der Waals surface area (Å²) in [6.07, 6.45) is 4.96. The van der Waals surface area contributed by atoms with E-state index in [-0.39, 0.29) is 18.1 Å². The average molecular weight is 336 g/mol. The molecule has 0 unspecified atom stereocenters. The molecule has 0 saturated carbocycles. The van der Waals surface area contributed by atoms with Gasteiger partial charge in [0.25, 0.3) is 11.5 Å². The van der Waals surface area contributed by atoms with Gasteiger partial charge < -0.3 is 10.1 Å². The normalized spacial score (nSPS) is 12.8. The summed E-state index contributed by atoms with van der Waals surface area (Å²) in [6.45, 7) is 0.551. The van der Waals surface area contributed by atoms with Gasteiger partial charge in [-0.3, -0.25) is 19.1 Å². The van der Waals surface area contributed by atoms with Gasteiger partial charge in [-0.05, 0) is 36.8 Å². The molecule has 1 N–H and O–H groups in total. The van der Waals surface area contributed by atoms with Crippen molar-refractivity contribution >= 4 is 22.5 Å². The van der Waals surface area contributed by atoms with E-state index in [0.717, 1.165) is 18.7 Å². The molecule has 0 radical (unpaired) electrons. The summed E-state index contributed by atoms with van der Waals surface area (Å²) in [5.41, 5.74) is 1.21. The van der Waals surface area contributed by atoms with Gasteiger partial charge in [-0.1, -0.05) is 0 Å². The quantitative estimate of drug-likeness (QED) is 0.784. The van der Waals surface area contributed by atoms with Gasteiger partial charge in [-0.2, -0.15) is 0 Å². The Morgan fingerprint density at radius 1 is 1.32 bits per heavy atom. The maximum absolute atomic E-state index is 12.5. The molecule has 0 aliphatic carbocycles. The number of nitrogens with one attached hydrogen (secondary N) is 1. The molecule has 0 spiro atoms. The van der Waals surface area contributed by atoms with Crippen LogP contribution >= 0.6 is 0 Å². The van der Waals surface area contributed by atoms with Crippen LogP contribution in [0.15, 0.2) is 47.5 Å². The van der Waals surface area contributed by atoms with Gasteiger partial charge in [0.05, 0.1) is 22.8 Å². The van der Waals surface area contributed by atoms with Crippen molar-refractivity contribution in [3.05, 3.63) is 58.9 Å². The van der Waals surface area contributed by atoms with Crippen LogP contribution in [0.2, 0.25) is 0 Å². The van der Waals surface area contributed by atoms with Crippen molar-refractivity contribution in [2.45, 2.75) is 19.4 Å². The van der Waals surface area contributed by atoms with Crippen LogP contribution in [0.1, 0.15) is 12.2 Å². The Labute approximate surface area is 143 Å². The molecule has 25 heavy (non-hydrogen) atoms. The highest BCUT2D eigenvalue weighted by atomic mass is 16.5. The van der Waals surface area contributed by atoms with Crippen LogP contribution in [-0.2, 0) is 17.8 Å². The topological polar surface area (TPSA) is 86.1 Å². The number of carbonyl (C=O) groups excluding carboxylic acids is 1. The van der Waals surface area contributed by atoms with Gasteiger partial charge in [-0.25, -0.2) is 4.98 Å². The zero-order valence-electron chi connectivity index (χ0n) is 13.4.